The van der Waals surface area contributed by atoms with Crippen LogP contribution in [0.4, 0.5) is 10.3 Å². The first kappa shape index (κ1) is 16.6. The normalized spacial score (nSPS) is 11.9. The zero-order chi connectivity index (χ0) is 17.8. The van der Waals surface area contributed by atoms with Gasteiger partial charge in [-0.05, 0) is 35.7 Å². The Balaban J connectivity index is 1.63. The molecule has 0 saturated heterocycles. The summed E-state index contributed by atoms with van der Waals surface area (Å²) >= 11 is 0. The average Bonchev–Trinajstić information content (AvgIpc) is 2.60. The molecular formula is C18H17FN4O2. The number of fused-ring (bicyclic) bond motifs is 1. The summed E-state index contributed by atoms with van der Waals surface area (Å²) in [6.07, 6.45) is 0.161. The number of nitrogens with one attached hydrogen (secondary N) is 3. The number of benzene rings is 2. The van der Waals surface area contributed by atoms with Crippen LogP contribution >= 0.6 is 0 Å². The van der Waals surface area contributed by atoms with Crippen molar-refractivity contribution in [1.82, 2.24) is 15.4 Å². The molecular weight excluding hydrogens is 323 g/mol. The lowest BCUT2D eigenvalue weighted by molar-refractivity contribution is -0.120. The number of hydrazine groups is 1. The number of aromatic nitrogens is 2. The molecule has 6 nitrogen and oxygen atoms in total. The van der Waals surface area contributed by atoms with Crippen molar-refractivity contribution in [2.45, 2.75) is 19.3 Å². The topological polar surface area (TPSA) is 86.9 Å². The highest BCUT2D eigenvalue weighted by Gasteiger charge is 2.12. The van der Waals surface area contributed by atoms with Crippen molar-refractivity contribution in [2.24, 2.45) is 0 Å². The van der Waals surface area contributed by atoms with Crippen LogP contribution < -0.4 is 16.4 Å². The number of hydrogen-bond acceptors (Lipinski definition) is 4. The molecule has 1 atom stereocenters. The molecule has 1 heterocycles. The lowest BCUT2D eigenvalue weighted by Gasteiger charge is -2.13. The molecule has 25 heavy (non-hydrogen) atoms. The van der Waals surface area contributed by atoms with E-state index >= 15 is 0 Å². The molecule has 1 aromatic heterocycles. The highest BCUT2D eigenvalue weighted by atomic mass is 19.1. The summed E-state index contributed by atoms with van der Waals surface area (Å²) in [6, 6.07) is 13.1. The molecule has 128 valence electrons. The predicted molar refractivity (Wildman–Crippen MR) is 93.6 cm³/mol. The SMILES string of the molecule is CC(CC(=O)NNc1nc2ccccc2c(=O)[nH]1)c1cccc(F)c1. The summed E-state index contributed by atoms with van der Waals surface area (Å²) in [4.78, 5) is 30.8. The Hall–Kier alpha value is -3.22. The number of halogens is 1. The molecule has 1 amide bonds. The number of nitrogens with zero attached hydrogens (tertiary/aromatic N) is 1. The van der Waals surface area contributed by atoms with Crippen LogP contribution in [0, 0.1) is 5.82 Å². The van der Waals surface area contributed by atoms with E-state index in [0.717, 1.165) is 5.56 Å². The van der Waals surface area contributed by atoms with Gasteiger partial charge < -0.3 is 0 Å². The largest absolute Gasteiger partial charge is 0.291 e. The van der Waals surface area contributed by atoms with Gasteiger partial charge in [0.15, 0.2) is 0 Å². The maximum absolute atomic E-state index is 13.2. The number of anilines is 1. The van der Waals surface area contributed by atoms with Gasteiger partial charge in [0, 0.05) is 6.42 Å². The quantitative estimate of drug-likeness (QED) is 0.623. The van der Waals surface area contributed by atoms with Crippen LogP contribution in [0.15, 0.2) is 53.3 Å². The van der Waals surface area contributed by atoms with E-state index < -0.39 is 0 Å². The van der Waals surface area contributed by atoms with E-state index in [9.17, 15) is 14.0 Å². The molecule has 3 aromatic rings. The third-order valence-corrected chi connectivity index (χ3v) is 3.84. The Bertz CT molecular complexity index is 970. The maximum Gasteiger partial charge on any atom is 0.260 e. The predicted octanol–water partition coefficient (Wildman–Crippen LogP) is 2.70. The monoisotopic (exact) mass is 340 g/mol. The van der Waals surface area contributed by atoms with Gasteiger partial charge in [-0.15, -0.1) is 0 Å². The minimum atomic E-state index is -0.333. The molecule has 0 aliphatic heterocycles. The van der Waals surface area contributed by atoms with Crippen LogP contribution in [0.25, 0.3) is 10.9 Å². The fourth-order valence-corrected chi connectivity index (χ4v) is 2.53. The van der Waals surface area contributed by atoms with Gasteiger partial charge >= 0.3 is 0 Å². The molecule has 0 fully saturated rings. The first-order chi connectivity index (χ1) is 12.0. The van der Waals surface area contributed by atoms with Crippen molar-refractivity contribution in [3.8, 4) is 0 Å². The molecule has 0 aliphatic rings. The molecule has 2 aromatic carbocycles. The summed E-state index contributed by atoms with van der Waals surface area (Å²) in [5, 5.41) is 0.471. The molecule has 0 bridgehead atoms. The summed E-state index contributed by atoms with van der Waals surface area (Å²) in [5.74, 6) is -0.634. The van der Waals surface area contributed by atoms with Crippen LogP contribution in [0.2, 0.25) is 0 Å². The van der Waals surface area contributed by atoms with Gasteiger partial charge in [0.05, 0.1) is 10.9 Å². The second-order valence-electron chi connectivity index (χ2n) is 5.77. The Morgan fingerprint density at radius 1 is 1.24 bits per heavy atom. The smallest absolute Gasteiger partial charge is 0.260 e. The zero-order valence-corrected chi connectivity index (χ0v) is 13.5. The fourth-order valence-electron chi connectivity index (χ4n) is 2.53. The van der Waals surface area contributed by atoms with Gasteiger partial charge in [0.25, 0.3) is 5.56 Å². The molecule has 0 aliphatic carbocycles. The Labute approximate surface area is 143 Å². The van der Waals surface area contributed by atoms with Gasteiger partial charge in [-0.25, -0.2) is 9.37 Å². The van der Waals surface area contributed by atoms with Crippen molar-refractivity contribution in [3.63, 3.8) is 0 Å². The lowest BCUT2D eigenvalue weighted by Crippen LogP contribution is -2.32. The van der Waals surface area contributed by atoms with Gasteiger partial charge in [-0.3, -0.25) is 25.4 Å². The first-order valence-corrected chi connectivity index (χ1v) is 7.82. The number of hydrogen-bond donors (Lipinski definition) is 3. The number of H-pyrrole nitrogens is 1. The number of para-hydroxylation sites is 1. The molecule has 0 saturated carbocycles. The molecule has 7 heteroatoms. The number of carbonyl (C=O) groups excluding carboxylic acids is 1. The van der Waals surface area contributed by atoms with Crippen LogP contribution in [0.5, 0.6) is 0 Å². The third kappa shape index (κ3) is 4.00. The summed E-state index contributed by atoms with van der Waals surface area (Å²) in [6.45, 7) is 1.84. The van der Waals surface area contributed by atoms with E-state index in [1.165, 1.54) is 12.1 Å². The Morgan fingerprint density at radius 3 is 2.84 bits per heavy atom. The highest BCUT2D eigenvalue weighted by Crippen LogP contribution is 2.19. The second kappa shape index (κ2) is 7.12. The van der Waals surface area contributed by atoms with Crippen molar-refractivity contribution in [2.75, 3.05) is 5.43 Å². The minimum Gasteiger partial charge on any atom is -0.291 e. The van der Waals surface area contributed by atoms with Crippen molar-refractivity contribution in [1.29, 1.82) is 0 Å². The van der Waals surface area contributed by atoms with E-state index in [4.69, 9.17) is 0 Å². The second-order valence-corrected chi connectivity index (χ2v) is 5.77. The van der Waals surface area contributed by atoms with Crippen LogP contribution in [-0.2, 0) is 4.79 Å². The maximum atomic E-state index is 13.2. The van der Waals surface area contributed by atoms with Crippen LogP contribution in [0.1, 0.15) is 24.8 Å². The third-order valence-electron chi connectivity index (χ3n) is 3.84. The molecule has 3 N–H and O–H groups in total. The van der Waals surface area contributed by atoms with Gasteiger partial charge in [0.1, 0.15) is 5.82 Å². The van der Waals surface area contributed by atoms with Gasteiger partial charge in [-0.2, -0.15) is 0 Å². The Kier molecular flexibility index (Phi) is 4.74. The van der Waals surface area contributed by atoms with Crippen molar-refractivity contribution >= 4 is 22.8 Å². The zero-order valence-electron chi connectivity index (χ0n) is 13.5. The molecule has 1 unspecified atom stereocenters. The van der Waals surface area contributed by atoms with E-state index in [0.29, 0.717) is 10.9 Å². The number of carbonyl (C=O) groups is 1. The highest BCUT2D eigenvalue weighted by molar-refractivity contribution is 5.80. The van der Waals surface area contributed by atoms with E-state index in [2.05, 4.69) is 20.8 Å². The van der Waals surface area contributed by atoms with Crippen molar-refractivity contribution < 1.29 is 9.18 Å². The van der Waals surface area contributed by atoms with Crippen molar-refractivity contribution in [3.05, 3.63) is 70.3 Å². The fraction of sp³-hybridized carbons (Fsp3) is 0.167. The number of aromatic amines is 1. The van der Waals surface area contributed by atoms with Crippen LogP contribution in [0.3, 0.4) is 0 Å². The van der Waals surface area contributed by atoms with Crippen LogP contribution in [-0.4, -0.2) is 15.9 Å². The van der Waals surface area contributed by atoms with Gasteiger partial charge in [0.2, 0.25) is 11.9 Å². The Morgan fingerprint density at radius 2 is 2.04 bits per heavy atom. The number of amides is 1. The lowest BCUT2D eigenvalue weighted by atomic mass is 9.97. The summed E-state index contributed by atoms with van der Waals surface area (Å²) in [5.41, 5.74) is 6.07. The summed E-state index contributed by atoms with van der Waals surface area (Å²) < 4.78 is 13.2. The summed E-state index contributed by atoms with van der Waals surface area (Å²) in [7, 11) is 0. The molecule has 3 rings (SSSR count). The first-order valence-electron chi connectivity index (χ1n) is 7.82. The standard InChI is InChI=1S/C18H17FN4O2/c1-11(12-5-4-6-13(19)10-12)9-16(24)22-23-18-20-15-8-3-2-7-14(15)17(25)21-18/h2-8,10-11H,9H2,1H3,(H,22,24)(H2,20,21,23,25). The molecule has 0 spiro atoms. The minimum absolute atomic E-state index is 0.149. The van der Waals surface area contributed by atoms with E-state index in [1.807, 2.05) is 6.92 Å². The van der Waals surface area contributed by atoms with E-state index in [1.54, 1.807) is 36.4 Å². The average molecular weight is 340 g/mol. The van der Waals surface area contributed by atoms with E-state index in [-0.39, 0.29) is 35.6 Å². The molecule has 0 radical (unpaired) electrons. The van der Waals surface area contributed by atoms with Gasteiger partial charge in [-0.1, -0.05) is 31.2 Å². The number of rotatable bonds is 5.